The van der Waals surface area contributed by atoms with E-state index in [1.807, 2.05) is 32.0 Å². The van der Waals surface area contributed by atoms with Crippen molar-refractivity contribution in [2.75, 3.05) is 18.4 Å². The fourth-order valence-electron chi connectivity index (χ4n) is 2.31. The van der Waals surface area contributed by atoms with Gasteiger partial charge in [-0.1, -0.05) is 11.6 Å². The molecule has 5 nitrogen and oxygen atoms in total. The van der Waals surface area contributed by atoms with Gasteiger partial charge in [-0.3, -0.25) is 9.59 Å². The number of hydrogen-bond acceptors (Lipinski definition) is 3. The maximum atomic E-state index is 12.4. The van der Waals surface area contributed by atoms with Crippen LogP contribution in [0.1, 0.15) is 35.7 Å². The van der Waals surface area contributed by atoms with Crippen LogP contribution in [0.3, 0.4) is 0 Å². The lowest BCUT2D eigenvalue weighted by molar-refractivity contribution is -0.122. The van der Waals surface area contributed by atoms with E-state index in [2.05, 4.69) is 16.0 Å². The highest BCUT2D eigenvalue weighted by Gasteiger charge is 2.21. The summed E-state index contributed by atoms with van der Waals surface area (Å²) < 4.78 is 0. The van der Waals surface area contributed by atoms with Crippen molar-refractivity contribution in [3.05, 3.63) is 29.3 Å². The number of rotatable bonds is 4. The molecule has 0 radical (unpaired) electrons. The van der Waals surface area contributed by atoms with Gasteiger partial charge in [0, 0.05) is 31.2 Å². The van der Waals surface area contributed by atoms with Gasteiger partial charge in [0.15, 0.2) is 0 Å². The average Bonchev–Trinajstić information content (AvgIpc) is 2.43. The molecule has 1 aliphatic rings. The predicted octanol–water partition coefficient (Wildman–Crippen LogP) is 1.44. The van der Waals surface area contributed by atoms with Gasteiger partial charge in [0.1, 0.15) is 0 Å². The predicted molar refractivity (Wildman–Crippen MR) is 78.8 cm³/mol. The van der Waals surface area contributed by atoms with Crippen LogP contribution >= 0.6 is 0 Å². The molecule has 1 aromatic carbocycles. The molecule has 3 N–H and O–H groups in total. The Balaban J connectivity index is 2.08. The van der Waals surface area contributed by atoms with Crippen molar-refractivity contribution in [3.8, 4) is 0 Å². The molecule has 1 aliphatic heterocycles. The Kier molecular flexibility index (Phi) is 4.61. The maximum absolute atomic E-state index is 12.4. The highest BCUT2D eigenvalue weighted by atomic mass is 16.2. The normalized spacial score (nSPS) is 18.3. The van der Waals surface area contributed by atoms with Crippen molar-refractivity contribution in [2.24, 2.45) is 0 Å². The van der Waals surface area contributed by atoms with Crippen LogP contribution in [0.25, 0.3) is 0 Å². The molecule has 2 rings (SSSR count). The van der Waals surface area contributed by atoms with E-state index in [1.54, 1.807) is 0 Å². The quantitative estimate of drug-likeness (QED) is 0.778. The summed E-state index contributed by atoms with van der Waals surface area (Å²) in [6.45, 7) is 5.24. The second kappa shape index (κ2) is 6.41. The van der Waals surface area contributed by atoms with E-state index in [0.29, 0.717) is 24.9 Å². The summed E-state index contributed by atoms with van der Waals surface area (Å²) in [5.41, 5.74) is 2.55. The van der Waals surface area contributed by atoms with Gasteiger partial charge >= 0.3 is 0 Å². The number of benzene rings is 1. The summed E-state index contributed by atoms with van der Waals surface area (Å²) in [5.74, 6) is -0.0369. The van der Waals surface area contributed by atoms with Gasteiger partial charge in [-0.05, 0) is 32.4 Å². The molecule has 1 atom stereocenters. The summed E-state index contributed by atoms with van der Waals surface area (Å²) in [5, 5.41) is 8.96. The van der Waals surface area contributed by atoms with Gasteiger partial charge in [0.2, 0.25) is 5.91 Å². The number of anilines is 1. The van der Waals surface area contributed by atoms with Gasteiger partial charge in [0.05, 0.1) is 5.56 Å². The first-order valence-corrected chi connectivity index (χ1v) is 7.02. The van der Waals surface area contributed by atoms with Gasteiger partial charge in [-0.15, -0.1) is 0 Å². The minimum atomic E-state index is -0.0919. The second-order valence-corrected chi connectivity index (χ2v) is 5.09. The number of aryl methyl sites for hydroxylation is 1. The van der Waals surface area contributed by atoms with Crippen LogP contribution < -0.4 is 16.0 Å². The minimum absolute atomic E-state index is 0.00943. The topological polar surface area (TPSA) is 70.2 Å². The van der Waals surface area contributed by atoms with Crippen molar-refractivity contribution in [1.29, 1.82) is 0 Å². The SMILES string of the molecule is CCNc1ccc(C)cc1C(=O)NC1CCC(=O)NC1. The number of piperidine rings is 1. The van der Waals surface area contributed by atoms with E-state index in [0.717, 1.165) is 17.8 Å². The molecule has 5 heteroatoms. The van der Waals surface area contributed by atoms with Crippen molar-refractivity contribution >= 4 is 17.5 Å². The molecule has 0 bridgehead atoms. The Morgan fingerprint density at radius 1 is 1.45 bits per heavy atom. The highest BCUT2D eigenvalue weighted by molar-refractivity contribution is 6.00. The smallest absolute Gasteiger partial charge is 0.253 e. The first-order chi connectivity index (χ1) is 9.60. The van der Waals surface area contributed by atoms with Crippen LogP contribution in [0.15, 0.2) is 18.2 Å². The van der Waals surface area contributed by atoms with Crippen LogP contribution in [0.4, 0.5) is 5.69 Å². The minimum Gasteiger partial charge on any atom is -0.385 e. The molecule has 1 saturated heterocycles. The largest absolute Gasteiger partial charge is 0.385 e. The van der Waals surface area contributed by atoms with Crippen LogP contribution in [0, 0.1) is 6.92 Å². The van der Waals surface area contributed by atoms with E-state index >= 15 is 0 Å². The Hall–Kier alpha value is -2.04. The summed E-state index contributed by atoms with van der Waals surface area (Å²) in [4.78, 5) is 23.5. The maximum Gasteiger partial charge on any atom is 0.253 e. The van der Waals surface area contributed by atoms with Crippen molar-refractivity contribution in [2.45, 2.75) is 32.7 Å². The average molecular weight is 275 g/mol. The summed E-state index contributed by atoms with van der Waals surface area (Å²) >= 11 is 0. The van der Waals surface area contributed by atoms with Gasteiger partial charge in [-0.25, -0.2) is 0 Å². The summed E-state index contributed by atoms with van der Waals surface area (Å²) in [6, 6.07) is 5.80. The molecule has 0 aliphatic carbocycles. The molecule has 0 spiro atoms. The van der Waals surface area contributed by atoms with Gasteiger partial charge in [0.25, 0.3) is 5.91 Å². The first kappa shape index (κ1) is 14.4. The van der Waals surface area contributed by atoms with Crippen molar-refractivity contribution in [1.82, 2.24) is 10.6 Å². The zero-order chi connectivity index (χ0) is 14.5. The number of carbonyl (C=O) groups excluding carboxylic acids is 2. The van der Waals surface area contributed by atoms with E-state index in [1.165, 1.54) is 0 Å². The van der Waals surface area contributed by atoms with Crippen molar-refractivity contribution in [3.63, 3.8) is 0 Å². The lowest BCUT2D eigenvalue weighted by atomic mass is 10.0. The Morgan fingerprint density at radius 2 is 2.25 bits per heavy atom. The van der Waals surface area contributed by atoms with Crippen LogP contribution in [0.5, 0.6) is 0 Å². The van der Waals surface area contributed by atoms with Crippen LogP contribution in [-0.4, -0.2) is 30.9 Å². The van der Waals surface area contributed by atoms with Crippen molar-refractivity contribution < 1.29 is 9.59 Å². The molecule has 108 valence electrons. The molecule has 1 heterocycles. The third-order valence-electron chi connectivity index (χ3n) is 3.39. The molecular formula is C15H21N3O2. The Labute approximate surface area is 119 Å². The number of carbonyl (C=O) groups is 2. The molecule has 0 saturated carbocycles. The third-order valence-corrected chi connectivity index (χ3v) is 3.39. The molecule has 1 aromatic rings. The van der Waals surface area contributed by atoms with Gasteiger partial charge < -0.3 is 16.0 Å². The van der Waals surface area contributed by atoms with E-state index in [-0.39, 0.29) is 17.9 Å². The molecular weight excluding hydrogens is 254 g/mol. The molecule has 20 heavy (non-hydrogen) atoms. The van der Waals surface area contributed by atoms with E-state index in [9.17, 15) is 9.59 Å². The van der Waals surface area contributed by atoms with E-state index < -0.39 is 0 Å². The van der Waals surface area contributed by atoms with Crippen LogP contribution in [-0.2, 0) is 4.79 Å². The number of hydrogen-bond donors (Lipinski definition) is 3. The highest BCUT2D eigenvalue weighted by Crippen LogP contribution is 2.18. The second-order valence-electron chi connectivity index (χ2n) is 5.09. The lowest BCUT2D eigenvalue weighted by Crippen LogP contribution is -2.47. The Morgan fingerprint density at radius 3 is 2.90 bits per heavy atom. The lowest BCUT2D eigenvalue weighted by Gasteiger charge is -2.24. The summed E-state index contributed by atoms with van der Waals surface area (Å²) in [7, 11) is 0. The first-order valence-electron chi connectivity index (χ1n) is 7.02. The number of nitrogens with one attached hydrogen (secondary N) is 3. The fourth-order valence-corrected chi connectivity index (χ4v) is 2.31. The summed E-state index contributed by atoms with van der Waals surface area (Å²) in [6.07, 6.45) is 1.17. The number of amides is 2. The van der Waals surface area contributed by atoms with E-state index in [4.69, 9.17) is 0 Å². The van der Waals surface area contributed by atoms with Crippen LogP contribution in [0.2, 0.25) is 0 Å². The Bertz CT molecular complexity index is 504. The molecule has 1 fully saturated rings. The zero-order valence-electron chi connectivity index (χ0n) is 12.0. The van der Waals surface area contributed by atoms with Gasteiger partial charge in [-0.2, -0.15) is 0 Å². The standard InChI is InChI=1S/C15H21N3O2/c1-3-16-13-6-4-10(2)8-12(13)15(20)18-11-5-7-14(19)17-9-11/h4,6,8,11,16H,3,5,7,9H2,1-2H3,(H,17,19)(H,18,20). The molecule has 0 aromatic heterocycles. The molecule has 1 unspecified atom stereocenters. The molecule has 2 amide bonds. The fraction of sp³-hybridized carbons (Fsp3) is 0.467. The third kappa shape index (κ3) is 3.50. The monoisotopic (exact) mass is 275 g/mol. The zero-order valence-corrected chi connectivity index (χ0v) is 12.0.